The highest BCUT2D eigenvalue weighted by Crippen LogP contribution is 2.29. The van der Waals surface area contributed by atoms with Gasteiger partial charge in [-0.2, -0.15) is 5.10 Å². The number of nitrogens with one attached hydrogen (secondary N) is 1. The first-order valence-electron chi connectivity index (χ1n) is 10.1. The summed E-state index contributed by atoms with van der Waals surface area (Å²) in [6, 6.07) is 9.49. The number of hydrogen-bond acceptors (Lipinski definition) is 5. The van der Waals surface area contributed by atoms with Crippen molar-refractivity contribution in [1.82, 2.24) is 15.1 Å². The largest absolute Gasteiger partial charge is 0.493 e. The number of methoxy groups -OCH3 is 1. The van der Waals surface area contributed by atoms with Crippen molar-refractivity contribution in [1.29, 1.82) is 0 Å². The molecule has 1 aromatic heterocycles. The first kappa shape index (κ1) is 20.9. The molecule has 4 atom stereocenters. The molecule has 1 amide bonds. The minimum absolute atomic E-state index is 0.0376. The summed E-state index contributed by atoms with van der Waals surface area (Å²) in [4.78, 5) is 25.2. The molecule has 1 aromatic carbocycles. The molecule has 0 spiro atoms. The van der Waals surface area contributed by atoms with Gasteiger partial charge in [-0.3, -0.25) is 4.79 Å². The average Bonchev–Trinajstić information content (AvgIpc) is 3.16. The number of esters is 1. The summed E-state index contributed by atoms with van der Waals surface area (Å²) in [5, 5.41) is 7.33. The van der Waals surface area contributed by atoms with Crippen LogP contribution in [-0.2, 0) is 9.53 Å². The Bertz CT molecular complexity index is 849. The molecule has 1 fully saturated rings. The molecule has 29 heavy (non-hydrogen) atoms. The molecule has 1 aliphatic carbocycles. The van der Waals surface area contributed by atoms with Gasteiger partial charge in [-0.1, -0.05) is 44.9 Å². The second-order valence-corrected chi connectivity index (χ2v) is 7.76. The number of ether oxygens (including phenoxy) is 2. The van der Waals surface area contributed by atoms with Crippen LogP contribution in [0.3, 0.4) is 0 Å². The number of carbonyl (C=O) groups is 2. The summed E-state index contributed by atoms with van der Waals surface area (Å²) in [5.41, 5.74) is 0.826. The third-order valence-corrected chi connectivity index (χ3v) is 5.80. The summed E-state index contributed by atoms with van der Waals surface area (Å²) >= 11 is 0. The normalized spacial score (nSPS) is 22.6. The van der Waals surface area contributed by atoms with Crippen LogP contribution in [0.15, 0.2) is 36.5 Å². The van der Waals surface area contributed by atoms with Crippen LogP contribution >= 0.6 is 0 Å². The molecular formula is C22H29N3O4. The highest BCUT2D eigenvalue weighted by molar-refractivity contribution is 5.93. The third-order valence-electron chi connectivity index (χ3n) is 5.80. The van der Waals surface area contributed by atoms with Crippen LogP contribution in [0.25, 0.3) is 5.69 Å². The van der Waals surface area contributed by atoms with Crippen molar-refractivity contribution in [2.24, 2.45) is 11.8 Å². The predicted octanol–water partition coefficient (Wildman–Crippen LogP) is 3.37. The van der Waals surface area contributed by atoms with Crippen molar-refractivity contribution in [2.75, 3.05) is 7.11 Å². The number of carbonyl (C=O) groups excluding carboxylic acids is 2. The van der Waals surface area contributed by atoms with E-state index in [9.17, 15) is 9.59 Å². The summed E-state index contributed by atoms with van der Waals surface area (Å²) in [7, 11) is 1.46. The van der Waals surface area contributed by atoms with Gasteiger partial charge in [0.25, 0.3) is 5.91 Å². The van der Waals surface area contributed by atoms with Crippen LogP contribution in [0.2, 0.25) is 0 Å². The van der Waals surface area contributed by atoms with Gasteiger partial charge in [0.2, 0.25) is 5.69 Å². The van der Waals surface area contributed by atoms with Crippen molar-refractivity contribution in [3.05, 3.63) is 42.2 Å². The Kier molecular flexibility index (Phi) is 6.56. The maximum absolute atomic E-state index is 12.6. The minimum atomic E-state index is -0.918. The zero-order valence-electron chi connectivity index (χ0n) is 17.4. The van der Waals surface area contributed by atoms with E-state index in [-0.39, 0.29) is 17.6 Å². The molecule has 1 N–H and O–H groups in total. The van der Waals surface area contributed by atoms with E-state index in [2.05, 4.69) is 24.3 Å². The van der Waals surface area contributed by atoms with Gasteiger partial charge in [-0.15, -0.1) is 0 Å². The third kappa shape index (κ3) is 4.78. The lowest BCUT2D eigenvalue weighted by Crippen LogP contribution is -2.47. The Hall–Kier alpha value is -2.83. The zero-order valence-corrected chi connectivity index (χ0v) is 17.4. The Morgan fingerprint density at radius 2 is 1.93 bits per heavy atom. The quantitative estimate of drug-likeness (QED) is 0.753. The van der Waals surface area contributed by atoms with E-state index in [0.717, 1.165) is 18.5 Å². The molecule has 0 unspecified atom stereocenters. The van der Waals surface area contributed by atoms with Crippen molar-refractivity contribution in [3.8, 4) is 11.4 Å². The van der Waals surface area contributed by atoms with E-state index in [0.29, 0.717) is 17.6 Å². The van der Waals surface area contributed by atoms with E-state index >= 15 is 0 Å². The topological polar surface area (TPSA) is 82.5 Å². The van der Waals surface area contributed by atoms with Crippen LogP contribution in [-0.4, -0.2) is 40.9 Å². The van der Waals surface area contributed by atoms with Crippen LogP contribution in [0.4, 0.5) is 0 Å². The van der Waals surface area contributed by atoms with Gasteiger partial charge in [0.05, 0.1) is 19.0 Å². The molecule has 1 heterocycles. The zero-order chi connectivity index (χ0) is 21.0. The Balaban J connectivity index is 1.66. The van der Waals surface area contributed by atoms with Gasteiger partial charge >= 0.3 is 5.97 Å². The van der Waals surface area contributed by atoms with Gasteiger partial charge in [0.1, 0.15) is 0 Å². The lowest BCUT2D eigenvalue weighted by Gasteiger charge is -2.35. The van der Waals surface area contributed by atoms with Crippen molar-refractivity contribution in [2.45, 2.75) is 52.2 Å². The van der Waals surface area contributed by atoms with Crippen molar-refractivity contribution in [3.63, 3.8) is 0 Å². The summed E-state index contributed by atoms with van der Waals surface area (Å²) in [6.45, 7) is 5.94. The highest BCUT2D eigenvalue weighted by atomic mass is 16.6. The van der Waals surface area contributed by atoms with Crippen LogP contribution in [0, 0.1) is 11.8 Å². The maximum Gasteiger partial charge on any atom is 0.363 e. The molecule has 7 heteroatoms. The number of para-hydroxylation sites is 1. The van der Waals surface area contributed by atoms with E-state index in [1.807, 2.05) is 30.3 Å². The Labute approximate surface area is 171 Å². The smallest absolute Gasteiger partial charge is 0.363 e. The van der Waals surface area contributed by atoms with Crippen LogP contribution in [0.5, 0.6) is 5.75 Å². The van der Waals surface area contributed by atoms with Gasteiger partial charge in [-0.25, -0.2) is 9.48 Å². The molecule has 0 radical (unpaired) electrons. The number of rotatable bonds is 6. The second-order valence-electron chi connectivity index (χ2n) is 7.76. The first-order valence-corrected chi connectivity index (χ1v) is 10.1. The van der Waals surface area contributed by atoms with Crippen molar-refractivity contribution < 1.29 is 19.1 Å². The fourth-order valence-electron chi connectivity index (χ4n) is 3.72. The molecule has 1 saturated carbocycles. The lowest BCUT2D eigenvalue weighted by molar-refractivity contribution is -0.130. The molecule has 0 aliphatic heterocycles. The lowest BCUT2D eigenvalue weighted by atomic mass is 9.78. The second kappa shape index (κ2) is 9.11. The van der Waals surface area contributed by atoms with Gasteiger partial charge in [-0.05, 0) is 37.3 Å². The fraction of sp³-hybridized carbons (Fsp3) is 0.500. The monoisotopic (exact) mass is 399 g/mol. The van der Waals surface area contributed by atoms with Gasteiger partial charge < -0.3 is 14.8 Å². The van der Waals surface area contributed by atoms with E-state index in [1.54, 1.807) is 17.8 Å². The highest BCUT2D eigenvalue weighted by Gasteiger charge is 2.31. The molecule has 3 rings (SSSR count). The number of amides is 1. The summed E-state index contributed by atoms with van der Waals surface area (Å²) in [6.07, 6.45) is 3.92. The first-order chi connectivity index (χ1) is 13.9. The van der Waals surface area contributed by atoms with Gasteiger partial charge in [0.15, 0.2) is 11.9 Å². The van der Waals surface area contributed by atoms with Crippen LogP contribution < -0.4 is 10.1 Å². The van der Waals surface area contributed by atoms with Crippen LogP contribution in [0.1, 0.15) is 50.5 Å². The predicted molar refractivity (Wildman–Crippen MR) is 109 cm³/mol. The average molecular weight is 399 g/mol. The summed E-state index contributed by atoms with van der Waals surface area (Å²) in [5.74, 6) is 0.284. The molecule has 1 aliphatic rings. The molecule has 2 aromatic rings. The summed E-state index contributed by atoms with van der Waals surface area (Å²) < 4.78 is 12.2. The number of hydrogen-bond donors (Lipinski definition) is 1. The number of aromatic nitrogens is 2. The number of nitrogens with zero attached hydrogens (tertiary/aromatic N) is 2. The SMILES string of the molecule is COc1cn(-c2ccccc2)nc1C(=O)O[C@H](C)C(=O)N[C@@H]1CCC[C@H](C)[C@H]1C. The minimum Gasteiger partial charge on any atom is -0.493 e. The Morgan fingerprint density at radius 3 is 2.62 bits per heavy atom. The van der Waals surface area contributed by atoms with Crippen molar-refractivity contribution >= 4 is 11.9 Å². The molecular weight excluding hydrogens is 370 g/mol. The van der Waals surface area contributed by atoms with E-state index in [4.69, 9.17) is 9.47 Å². The molecule has 156 valence electrons. The maximum atomic E-state index is 12.6. The van der Waals surface area contributed by atoms with E-state index < -0.39 is 12.1 Å². The molecule has 7 nitrogen and oxygen atoms in total. The van der Waals surface area contributed by atoms with Gasteiger partial charge in [0, 0.05) is 6.04 Å². The van der Waals surface area contributed by atoms with E-state index in [1.165, 1.54) is 13.5 Å². The Morgan fingerprint density at radius 1 is 1.21 bits per heavy atom. The molecule has 0 saturated heterocycles. The fourth-order valence-corrected chi connectivity index (χ4v) is 3.72. The molecule has 0 bridgehead atoms. The standard InChI is InChI=1S/C22H29N3O4/c1-14-9-8-12-18(15(14)2)23-21(26)16(3)29-22(27)20-19(28-4)13-25(24-20)17-10-6-5-7-11-17/h5-7,10-11,13-16,18H,8-9,12H2,1-4H3,(H,23,26)/t14-,15+,16+,18+/m0/s1. The number of benzene rings is 1.